The first-order valence-electron chi connectivity index (χ1n) is 6.19. The van der Waals surface area contributed by atoms with E-state index in [9.17, 15) is 4.39 Å². The van der Waals surface area contributed by atoms with Gasteiger partial charge < -0.3 is 5.32 Å². The molecule has 0 unspecified atom stereocenters. The molecule has 3 nitrogen and oxygen atoms in total. The van der Waals surface area contributed by atoms with Crippen molar-refractivity contribution >= 4 is 21.7 Å². The maximum absolute atomic E-state index is 13.6. The van der Waals surface area contributed by atoms with E-state index in [1.807, 2.05) is 19.2 Å². The molecular weight excluding hydrogens is 309 g/mol. The fourth-order valence-corrected chi connectivity index (χ4v) is 2.19. The lowest BCUT2D eigenvalue weighted by molar-refractivity contribution is 0.621. The maximum atomic E-state index is 13.6. The van der Waals surface area contributed by atoms with Gasteiger partial charge in [0.25, 0.3) is 0 Å². The molecule has 0 saturated heterocycles. The third-order valence-electron chi connectivity index (χ3n) is 3.18. The molecule has 1 heterocycles. The van der Waals surface area contributed by atoms with Crippen molar-refractivity contribution in [2.75, 3.05) is 12.4 Å². The van der Waals surface area contributed by atoms with Gasteiger partial charge in [0.2, 0.25) is 0 Å². The van der Waals surface area contributed by atoms with Crippen LogP contribution in [-0.2, 0) is 0 Å². The van der Waals surface area contributed by atoms with Crippen molar-refractivity contribution < 1.29 is 4.39 Å². The Morgan fingerprint density at radius 1 is 1.26 bits per heavy atom. The van der Waals surface area contributed by atoms with Crippen molar-refractivity contribution in [2.24, 2.45) is 0 Å². The van der Waals surface area contributed by atoms with E-state index < -0.39 is 0 Å². The highest BCUT2D eigenvalue weighted by Gasteiger charge is 2.26. The molecule has 0 spiro atoms. The largest absolute Gasteiger partial charge is 0.373 e. The Hall–Kier alpha value is -1.49. The second-order valence-electron chi connectivity index (χ2n) is 4.65. The van der Waals surface area contributed by atoms with Gasteiger partial charge in [-0.15, -0.1) is 0 Å². The SMILES string of the molecule is CNc1cc(C2CC2)nc(-c2ccc(Br)c(F)c2)n1. The van der Waals surface area contributed by atoms with Crippen LogP contribution in [0.2, 0.25) is 0 Å². The molecule has 1 fully saturated rings. The summed E-state index contributed by atoms with van der Waals surface area (Å²) in [6.45, 7) is 0. The van der Waals surface area contributed by atoms with Gasteiger partial charge in [-0.25, -0.2) is 14.4 Å². The summed E-state index contributed by atoms with van der Waals surface area (Å²) in [5.41, 5.74) is 1.73. The van der Waals surface area contributed by atoms with E-state index >= 15 is 0 Å². The van der Waals surface area contributed by atoms with Gasteiger partial charge in [-0.3, -0.25) is 0 Å². The van der Waals surface area contributed by atoms with Crippen molar-refractivity contribution in [1.29, 1.82) is 0 Å². The van der Waals surface area contributed by atoms with Crippen LogP contribution in [0.4, 0.5) is 10.2 Å². The van der Waals surface area contributed by atoms with Crippen LogP contribution in [0.15, 0.2) is 28.7 Å². The summed E-state index contributed by atoms with van der Waals surface area (Å²) >= 11 is 3.15. The molecule has 2 aromatic rings. The number of halogens is 2. The third-order valence-corrected chi connectivity index (χ3v) is 3.82. The van der Waals surface area contributed by atoms with Crippen LogP contribution in [0.1, 0.15) is 24.5 Å². The Morgan fingerprint density at radius 3 is 2.68 bits per heavy atom. The Labute approximate surface area is 119 Å². The van der Waals surface area contributed by atoms with E-state index in [2.05, 4.69) is 31.2 Å². The molecule has 1 aliphatic rings. The smallest absolute Gasteiger partial charge is 0.161 e. The molecule has 98 valence electrons. The predicted octanol–water partition coefficient (Wildman–Crippen LogP) is 3.96. The fourth-order valence-electron chi connectivity index (χ4n) is 1.95. The first kappa shape index (κ1) is 12.5. The lowest BCUT2D eigenvalue weighted by Crippen LogP contribution is -2.00. The minimum absolute atomic E-state index is 0.302. The summed E-state index contributed by atoms with van der Waals surface area (Å²) in [6.07, 6.45) is 2.35. The standard InChI is InChI=1S/C14H13BrFN3/c1-17-13-7-12(8-2-3-8)18-14(19-13)9-4-5-10(15)11(16)6-9/h4-8H,2-3H2,1H3,(H,17,18,19). The summed E-state index contributed by atoms with van der Waals surface area (Å²) in [4.78, 5) is 8.95. The fraction of sp³-hybridized carbons (Fsp3) is 0.286. The van der Waals surface area contributed by atoms with Crippen LogP contribution < -0.4 is 5.32 Å². The van der Waals surface area contributed by atoms with Crippen molar-refractivity contribution in [3.8, 4) is 11.4 Å². The molecule has 0 amide bonds. The van der Waals surface area contributed by atoms with Crippen LogP contribution in [0.5, 0.6) is 0 Å². The summed E-state index contributed by atoms with van der Waals surface area (Å²) in [7, 11) is 1.82. The number of aromatic nitrogens is 2. The van der Waals surface area contributed by atoms with Crippen molar-refractivity contribution in [3.05, 3.63) is 40.2 Å². The van der Waals surface area contributed by atoms with E-state index in [1.165, 1.54) is 18.9 Å². The zero-order chi connectivity index (χ0) is 13.4. The Bertz CT molecular complexity index is 626. The normalized spacial score (nSPS) is 14.5. The molecule has 3 rings (SSSR count). The monoisotopic (exact) mass is 321 g/mol. The van der Waals surface area contributed by atoms with Gasteiger partial charge in [0.15, 0.2) is 5.82 Å². The topological polar surface area (TPSA) is 37.8 Å². The first-order valence-corrected chi connectivity index (χ1v) is 6.99. The summed E-state index contributed by atoms with van der Waals surface area (Å²) in [6, 6.07) is 6.92. The van der Waals surface area contributed by atoms with Crippen LogP contribution in [0.25, 0.3) is 11.4 Å². The predicted molar refractivity (Wildman–Crippen MR) is 76.6 cm³/mol. The number of hydrogen-bond acceptors (Lipinski definition) is 3. The van der Waals surface area contributed by atoms with Gasteiger partial charge in [0.1, 0.15) is 11.6 Å². The average molecular weight is 322 g/mol. The second-order valence-corrected chi connectivity index (χ2v) is 5.51. The highest BCUT2D eigenvalue weighted by Crippen LogP contribution is 2.40. The number of hydrogen-bond donors (Lipinski definition) is 1. The van der Waals surface area contributed by atoms with E-state index in [0.29, 0.717) is 21.8 Å². The van der Waals surface area contributed by atoms with E-state index in [0.717, 1.165) is 11.5 Å². The van der Waals surface area contributed by atoms with Crippen molar-refractivity contribution in [1.82, 2.24) is 9.97 Å². The van der Waals surface area contributed by atoms with Gasteiger partial charge in [0, 0.05) is 30.3 Å². The quantitative estimate of drug-likeness (QED) is 0.929. The van der Waals surface area contributed by atoms with Crippen LogP contribution in [-0.4, -0.2) is 17.0 Å². The molecule has 5 heteroatoms. The lowest BCUT2D eigenvalue weighted by atomic mass is 10.2. The molecule has 0 aliphatic heterocycles. The minimum Gasteiger partial charge on any atom is -0.373 e. The Balaban J connectivity index is 2.07. The Morgan fingerprint density at radius 2 is 2.05 bits per heavy atom. The van der Waals surface area contributed by atoms with Gasteiger partial charge in [-0.1, -0.05) is 0 Å². The molecular formula is C14H13BrFN3. The van der Waals surface area contributed by atoms with E-state index in [-0.39, 0.29) is 5.82 Å². The highest BCUT2D eigenvalue weighted by molar-refractivity contribution is 9.10. The molecule has 1 aromatic heterocycles. The summed E-state index contributed by atoms with van der Waals surface area (Å²) in [5.74, 6) is 1.58. The van der Waals surface area contributed by atoms with Crippen molar-refractivity contribution in [2.45, 2.75) is 18.8 Å². The molecule has 0 atom stereocenters. The van der Waals surface area contributed by atoms with Gasteiger partial charge >= 0.3 is 0 Å². The zero-order valence-electron chi connectivity index (χ0n) is 10.5. The number of anilines is 1. The highest BCUT2D eigenvalue weighted by atomic mass is 79.9. The second kappa shape index (κ2) is 4.89. The molecule has 1 N–H and O–H groups in total. The summed E-state index contributed by atoms with van der Waals surface area (Å²) in [5, 5.41) is 3.03. The van der Waals surface area contributed by atoms with Crippen molar-refractivity contribution in [3.63, 3.8) is 0 Å². The molecule has 0 radical (unpaired) electrons. The Kier molecular flexibility index (Phi) is 3.22. The van der Waals surface area contributed by atoms with E-state index in [4.69, 9.17) is 0 Å². The van der Waals surface area contributed by atoms with Crippen LogP contribution in [0.3, 0.4) is 0 Å². The number of rotatable bonds is 3. The maximum Gasteiger partial charge on any atom is 0.161 e. The number of nitrogens with zero attached hydrogens (tertiary/aromatic N) is 2. The van der Waals surface area contributed by atoms with Gasteiger partial charge in [-0.2, -0.15) is 0 Å². The summed E-state index contributed by atoms with van der Waals surface area (Å²) < 4.78 is 14.0. The third kappa shape index (κ3) is 2.61. The minimum atomic E-state index is -0.302. The average Bonchev–Trinajstić information content (AvgIpc) is 3.26. The van der Waals surface area contributed by atoms with E-state index in [1.54, 1.807) is 6.07 Å². The van der Waals surface area contributed by atoms with Gasteiger partial charge in [-0.05, 0) is 47.0 Å². The zero-order valence-corrected chi connectivity index (χ0v) is 12.0. The van der Waals surface area contributed by atoms with Gasteiger partial charge in [0.05, 0.1) is 4.47 Å². The molecule has 1 aliphatic carbocycles. The first-order chi connectivity index (χ1) is 9.17. The molecule has 1 saturated carbocycles. The molecule has 0 bridgehead atoms. The van der Waals surface area contributed by atoms with Crippen LogP contribution >= 0.6 is 15.9 Å². The van der Waals surface area contributed by atoms with Crippen LogP contribution in [0, 0.1) is 5.82 Å². The lowest BCUT2D eigenvalue weighted by Gasteiger charge is -2.07. The molecule has 19 heavy (non-hydrogen) atoms. The molecule has 1 aromatic carbocycles. The number of nitrogens with one attached hydrogen (secondary N) is 1. The number of benzene rings is 1.